The van der Waals surface area contributed by atoms with Gasteiger partial charge in [0.25, 0.3) is 0 Å². The Bertz CT molecular complexity index is 1050. The number of nitrogens with one attached hydrogen (secondary N) is 5. The zero-order valence-corrected chi connectivity index (χ0v) is 25.8. The van der Waals surface area contributed by atoms with Crippen LogP contribution in [-0.2, 0) is 35.1 Å². The van der Waals surface area contributed by atoms with E-state index in [0.29, 0.717) is 19.8 Å². The minimum atomic E-state index is -1.01. The Hall–Kier alpha value is -3.71. The smallest absolute Gasteiger partial charge is 0.408 e. The molecule has 42 heavy (non-hydrogen) atoms. The summed E-state index contributed by atoms with van der Waals surface area (Å²) in [5.41, 5.74) is 5.18. The lowest BCUT2D eigenvalue weighted by molar-refractivity contribution is -0.130. The highest BCUT2D eigenvalue weighted by Crippen LogP contribution is 2.15. The van der Waals surface area contributed by atoms with Gasteiger partial charge < -0.3 is 41.8 Å². The summed E-state index contributed by atoms with van der Waals surface area (Å²) in [6.07, 6.45) is -0.603. The van der Waals surface area contributed by atoms with E-state index in [2.05, 4.69) is 26.6 Å². The van der Waals surface area contributed by atoms with Gasteiger partial charge in [-0.25, -0.2) is 4.79 Å². The topological polar surface area (TPSA) is 190 Å². The minimum Gasteiger partial charge on any atom is -0.444 e. The third-order valence-electron chi connectivity index (χ3n) is 5.33. The molecule has 0 bridgehead atoms. The molecule has 0 aliphatic carbocycles. The van der Waals surface area contributed by atoms with Crippen molar-refractivity contribution in [2.45, 2.75) is 72.1 Å². The van der Waals surface area contributed by atoms with Crippen molar-refractivity contribution in [2.75, 3.05) is 39.4 Å². The van der Waals surface area contributed by atoms with Gasteiger partial charge in [-0.05, 0) is 40.2 Å². The van der Waals surface area contributed by atoms with Gasteiger partial charge in [-0.3, -0.25) is 19.2 Å². The Morgan fingerprint density at radius 2 is 1.33 bits per heavy atom. The largest absolute Gasteiger partial charge is 0.444 e. The average molecular weight is 593 g/mol. The van der Waals surface area contributed by atoms with Crippen LogP contribution >= 0.6 is 0 Å². The highest BCUT2D eigenvalue weighted by Gasteiger charge is 2.24. The lowest BCUT2D eigenvalue weighted by atomic mass is 9.94. The van der Waals surface area contributed by atoms with Crippen molar-refractivity contribution in [1.82, 2.24) is 26.6 Å². The van der Waals surface area contributed by atoms with Gasteiger partial charge in [0.1, 0.15) is 18.2 Å². The monoisotopic (exact) mass is 592 g/mol. The van der Waals surface area contributed by atoms with Crippen LogP contribution in [0.25, 0.3) is 0 Å². The molecule has 0 fully saturated rings. The second-order valence-corrected chi connectivity index (χ2v) is 12.6. The van der Waals surface area contributed by atoms with Crippen molar-refractivity contribution in [3.63, 3.8) is 0 Å². The van der Waals surface area contributed by atoms with Crippen LogP contribution in [0.3, 0.4) is 0 Å². The van der Waals surface area contributed by atoms with Crippen molar-refractivity contribution in [3.8, 4) is 0 Å². The summed E-state index contributed by atoms with van der Waals surface area (Å²) in [5.74, 6) is -2.20. The van der Waals surface area contributed by atoms with Gasteiger partial charge >= 0.3 is 6.09 Å². The molecular formula is C29H48N6O7. The predicted octanol–water partition coefficient (Wildman–Crippen LogP) is 0.367. The van der Waals surface area contributed by atoms with Crippen LogP contribution in [0.1, 0.15) is 54.0 Å². The molecule has 0 saturated heterocycles. The van der Waals surface area contributed by atoms with Crippen molar-refractivity contribution in [3.05, 3.63) is 35.9 Å². The second kappa shape index (κ2) is 16.7. The normalized spacial score (nSPS) is 12.5. The molecule has 1 aromatic carbocycles. The number of carbonyl (C=O) groups is 5. The molecule has 13 nitrogen and oxygen atoms in total. The molecule has 0 spiro atoms. The van der Waals surface area contributed by atoms with E-state index in [4.69, 9.17) is 15.2 Å². The number of ether oxygens (including phenoxy) is 2. The molecule has 1 atom stereocenters. The van der Waals surface area contributed by atoms with Crippen molar-refractivity contribution >= 4 is 29.7 Å². The summed E-state index contributed by atoms with van der Waals surface area (Å²) in [5, 5.41) is 12.6. The van der Waals surface area contributed by atoms with E-state index in [-0.39, 0.29) is 24.9 Å². The summed E-state index contributed by atoms with van der Waals surface area (Å²) >= 11 is 0. The molecule has 5 amide bonds. The number of alkyl carbamates (subject to hydrolysis) is 1. The Balaban J connectivity index is 2.61. The Morgan fingerprint density at radius 1 is 0.762 bits per heavy atom. The van der Waals surface area contributed by atoms with Crippen molar-refractivity contribution < 1.29 is 33.4 Å². The van der Waals surface area contributed by atoms with E-state index in [9.17, 15) is 24.0 Å². The maximum absolute atomic E-state index is 13.0. The molecule has 236 valence electrons. The maximum Gasteiger partial charge on any atom is 0.408 e. The summed E-state index contributed by atoms with van der Waals surface area (Å²) in [6.45, 7) is 12.6. The minimum absolute atomic E-state index is 0.163. The van der Waals surface area contributed by atoms with Crippen LogP contribution in [0.15, 0.2) is 30.3 Å². The van der Waals surface area contributed by atoms with E-state index in [1.165, 1.54) is 0 Å². The fourth-order valence-electron chi connectivity index (χ4n) is 3.34. The van der Waals surface area contributed by atoms with Gasteiger partial charge in [0.2, 0.25) is 23.6 Å². The van der Waals surface area contributed by atoms with E-state index in [1.54, 1.807) is 45.0 Å². The van der Waals surface area contributed by atoms with E-state index < -0.39 is 53.4 Å². The maximum atomic E-state index is 13.0. The highest BCUT2D eigenvalue weighted by molar-refractivity contribution is 5.92. The van der Waals surface area contributed by atoms with Crippen LogP contribution in [0.4, 0.5) is 4.79 Å². The van der Waals surface area contributed by atoms with Gasteiger partial charge in [0, 0.05) is 23.9 Å². The highest BCUT2D eigenvalue weighted by atomic mass is 16.6. The SMILES string of the molecule is CC(C)(N)COCC(C)(C)CNC(=O)CNC(=O)[C@H](Cc1ccccc1)NC(=O)CNC(=O)CNC(=O)OC(C)(C)C. The fourth-order valence-corrected chi connectivity index (χ4v) is 3.34. The molecule has 1 rings (SSSR count). The van der Waals surface area contributed by atoms with Crippen LogP contribution in [0.2, 0.25) is 0 Å². The molecule has 7 N–H and O–H groups in total. The molecular weight excluding hydrogens is 544 g/mol. The summed E-state index contributed by atoms with van der Waals surface area (Å²) in [6, 6.07) is 8.04. The molecule has 1 aromatic rings. The molecule has 0 aromatic heterocycles. The standard InChI is InChI=1S/C29H48N6O7/c1-27(2,3)42-26(40)33-15-22(36)31-16-24(38)35-21(13-20-11-9-8-10-12-20)25(39)32-14-23(37)34-17-28(4,5)18-41-19-29(6,7)30/h8-12,21H,13-19,30H2,1-7H3,(H,31,36)(H,32,39)(H,33,40)(H,34,37)(H,35,38)/t21-/m0/s1. The lowest BCUT2D eigenvalue weighted by Crippen LogP contribution is -2.52. The summed E-state index contributed by atoms with van der Waals surface area (Å²) in [7, 11) is 0. The Labute approximate surface area is 248 Å². The third-order valence-corrected chi connectivity index (χ3v) is 5.33. The number of hydrogen-bond acceptors (Lipinski definition) is 8. The summed E-state index contributed by atoms with van der Waals surface area (Å²) in [4.78, 5) is 61.7. The van der Waals surface area contributed by atoms with Crippen LogP contribution in [-0.4, -0.2) is 86.3 Å². The molecule has 0 aliphatic rings. The number of amides is 5. The molecule has 0 heterocycles. The zero-order chi connectivity index (χ0) is 32.0. The summed E-state index contributed by atoms with van der Waals surface area (Å²) < 4.78 is 10.7. The van der Waals surface area contributed by atoms with E-state index >= 15 is 0 Å². The first kappa shape index (κ1) is 36.3. The predicted molar refractivity (Wildman–Crippen MR) is 158 cm³/mol. The fraction of sp³-hybridized carbons (Fsp3) is 0.621. The molecule has 13 heteroatoms. The van der Waals surface area contributed by atoms with Crippen molar-refractivity contribution in [1.29, 1.82) is 0 Å². The number of benzene rings is 1. The van der Waals surface area contributed by atoms with E-state index in [0.717, 1.165) is 5.56 Å². The van der Waals surface area contributed by atoms with Crippen LogP contribution in [0, 0.1) is 5.41 Å². The number of rotatable bonds is 16. The first-order valence-electron chi connectivity index (χ1n) is 13.8. The zero-order valence-electron chi connectivity index (χ0n) is 25.8. The van der Waals surface area contributed by atoms with Gasteiger partial charge in [0.05, 0.1) is 26.3 Å². The molecule has 0 saturated carbocycles. The number of carbonyl (C=O) groups excluding carboxylic acids is 5. The Kier molecular flexibility index (Phi) is 14.4. The van der Waals surface area contributed by atoms with Crippen LogP contribution in [0.5, 0.6) is 0 Å². The van der Waals surface area contributed by atoms with Gasteiger partial charge in [0.15, 0.2) is 0 Å². The van der Waals surface area contributed by atoms with Crippen molar-refractivity contribution in [2.24, 2.45) is 11.1 Å². The lowest BCUT2D eigenvalue weighted by Gasteiger charge is -2.27. The second-order valence-electron chi connectivity index (χ2n) is 12.6. The first-order chi connectivity index (χ1) is 19.3. The Morgan fingerprint density at radius 3 is 1.93 bits per heavy atom. The van der Waals surface area contributed by atoms with E-state index in [1.807, 2.05) is 33.8 Å². The van der Waals surface area contributed by atoms with Gasteiger partial charge in [-0.2, -0.15) is 0 Å². The quantitative estimate of drug-likeness (QED) is 0.159. The molecule has 0 aliphatic heterocycles. The third kappa shape index (κ3) is 17.9. The number of hydrogen-bond donors (Lipinski definition) is 6. The van der Waals surface area contributed by atoms with Gasteiger partial charge in [-0.15, -0.1) is 0 Å². The number of nitrogens with two attached hydrogens (primary N) is 1. The van der Waals surface area contributed by atoms with Gasteiger partial charge in [-0.1, -0.05) is 44.2 Å². The average Bonchev–Trinajstić information content (AvgIpc) is 2.86. The van der Waals surface area contributed by atoms with Crippen LogP contribution < -0.4 is 32.3 Å². The first-order valence-corrected chi connectivity index (χ1v) is 13.8. The molecule has 0 radical (unpaired) electrons. The molecule has 0 unspecified atom stereocenters.